The first-order valence-corrected chi connectivity index (χ1v) is 11.0. The number of hydrogen-bond donors (Lipinski definition) is 1. The average Bonchev–Trinajstić information content (AvgIpc) is 2.74. The van der Waals surface area contributed by atoms with Gasteiger partial charge in [0.2, 0.25) is 15.9 Å². The molecule has 0 spiro atoms. The fraction of sp³-hybridized carbons (Fsp3) is 0.300. The smallest absolute Gasteiger partial charge is 0.243 e. The highest BCUT2D eigenvalue weighted by atomic mass is 35.5. The molecule has 7 nitrogen and oxygen atoms in total. The van der Waals surface area contributed by atoms with E-state index in [1.54, 1.807) is 25.3 Å². The third-order valence-electron chi connectivity index (χ3n) is 4.79. The largest absolute Gasteiger partial charge is 0.496 e. The number of halogens is 1. The molecule has 1 saturated heterocycles. The third-order valence-corrected chi connectivity index (χ3v) is 6.96. The van der Waals surface area contributed by atoms with Gasteiger partial charge in [0, 0.05) is 29.6 Å². The molecule has 0 aromatic heterocycles. The van der Waals surface area contributed by atoms with Gasteiger partial charge in [-0.05, 0) is 49.2 Å². The van der Waals surface area contributed by atoms with Gasteiger partial charge in [0.05, 0.1) is 18.2 Å². The van der Waals surface area contributed by atoms with Crippen molar-refractivity contribution in [3.05, 3.63) is 59.1 Å². The number of para-hydroxylation sites is 1. The molecule has 1 aliphatic heterocycles. The molecule has 3 rings (SSSR count). The lowest BCUT2D eigenvalue weighted by atomic mass is 9.98. The van der Waals surface area contributed by atoms with Crippen molar-refractivity contribution in [1.29, 1.82) is 0 Å². The number of amides is 1. The number of hydrazone groups is 1. The summed E-state index contributed by atoms with van der Waals surface area (Å²) in [4.78, 5) is 12.6. The molecule has 2 aromatic carbocycles. The molecule has 9 heteroatoms. The number of carbonyl (C=O) groups is 1. The van der Waals surface area contributed by atoms with Crippen LogP contribution in [0.2, 0.25) is 5.02 Å². The minimum absolute atomic E-state index is 0.200. The van der Waals surface area contributed by atoms with Crippen LogP contribution in [0.5, 0.6) is 5.75 Å². The molecule has 0 unspecified atom stereocenters. The van der Waals surface area contributed by atoms with Crippen LogP contribution in [0.25, 0.3) is 0 Å². The number of methoxy groups -OCH3 is 1. The van der Waals surface area contributed by atoms with Gasteiger partial charge in [0.1, 0.15) is 5.75 Å². The van der Waals surface area contributed by atoms with Crippen molar-refractivity contribution in [2.45, 2.75) is 17.7 Å². The number of hydrogen-bond acceptors (Lipinski definition) is 5. The van der Waals surface area contributed by atoms with Crippen molar-refractivity contribution in [2.24, 2.45) is 11.0 Å². The highest BCUT2D eigenvalue weighted by Crippen LogP contribution is 2.25. The van der Waals surface area contributed by atoms with Gasteiger partial charge < -0.3 is 4.74 Å². The molecule has 0 bridgehead atoms. The Kier molecular flexibility index (Phi) is 6.89. The van der Waals surface area contributed by atoms with E-state index in [9.17, 15) is 13.2 Å². The lowest BCUT2D eigenvalue weighted by Crippen LogP contribution is -2.42. The van der Waals surface area contributed by atoms with Crippen LogP contribution >= 0.6 is 11.6 Å². The first kappa shape index (κ1) is 21.3. The standard InChI is InChI=1S/C20H22ClN3O4S/c1-28-19-5-3-2-4-16(19)14-22-23-20(25)15-10-12-24(13-11-15)29(26,27)18-8-6-17(21)7-9-18/h2-9,14-15H,10-13H2,1H3,(H,23,25)/b22-14-. The summed E-state index contributed by atoms with van der Waals surface area (Å²) in [7, 11) is -2.02. The number of piperidine rings is 1. The Balaban J connectivity index is 1.55. The monoisotopic (exact) mass is 435 g/mol. The summed E-state index contributed by atoms with van der Waals surface area (Å²) >= 11 is 5.83. The molecule has 29 heavy (non-hydrogen) atoms. The minimum Gasteiger partial charge on any atom is -0.496 e. The zero-order chi connectivity index (χ0) is 20.9. The lowest BCUT2D eigenvalue weighted by molar-refractivity contribution is -0.126. The normalized spacial score (nSPS) is 16.1. The quantitative estimate of drug-likeness (QED) is 0.558. The molecule has 1 aliphatic rings. The van der Waals surface area contributed by atoms with Crippen molar-refractivity contribution in [2.75, 3.05) is 20.2 Å². The molecule has 1 amide bonds. The van der Waals surface area contributed by atoms with E-state index in [4.69, 9.17) is 16.3 Å². The van der Waals surface area contributed by atoms with Gasteiger partial charge in [-0.25, -0.2) is 13.8 Å². The first-order valence-electron chi connectivity index (χ1n) is 9.13. The van der Waals surface area contributed by atoms with Crippen LogP contribution in [0.3, 0.4) is 0 Å². The van der Waals surface area contributed by atoms with Crippen LogP contribution in [0.4, 0.5) is 0 Å². The molecule has 0 saturated carbocycles. The summed E-state index contributed by atoms with van der Waals surface area (Å²) in [5.74, 6) is 0.146. The molecule has 0 radical (unpaired) electrons. The summed E-state index contributed by atoms with van der Waals surface area (Å²) in [6, 6.07) is 13.4. The third kappa shape index (κ3) is 5.14. The van der Waals surface area contributed by atoms with Gasteiger partial charge in [-0.2, -0.15) is 9.41 Å². The fourth-order valence-corrected chi connectivity index (χ4v) is 4.74. The molecule has 1 heterocycles. The summed E-state index contributed by atoms with van der Waals surface area (Å²) in [5, 5.41) is 4.48. The van der Waals surface area contributed by atoms with Gasteiger partial charge in [-0.1, -0.05) is 23.7 Å². The second kappa shape index (κ2) is 9.39. The number of rotatable bonds is 6. The summed E-state index contributed by atoms with van der Waals surface area (Å²) in [6.45, 7) is 0.554. The maximum Gasteiger partial charge on any atom is 0.243 e. The van der Waals surface area contributed by atoms with Gasteiger partial charge >= 0.3 is 0 Å². The van der Waals surface area contributed by atoms with Crippen molar-refractivity contribution in [3.63, 3.8) is 0 Å². The molecule has 1 fully saturated rings. The van der Waals surface area contributed by atoms with E-state index in [2.05, 4.69) is 10.5 Å². The maximum absolute atomic E-state index is 12.7. The highest BCUT2D eigenvalue weighted by Gasteiger charge is 2.32. The Hall–Kier alpha value is -2.42. The topological polar surface area (TPSA) is 88.1 Å². The molecular weight excluding hydrogens is 414 g/mol. The van der Waals surface area contributed by atoms with Crippen LogP contribution in [0.1, 0.15) is 18.4 Å². The second-order valence-electron chi connectivity index (χ2n) is 6.61. The summed E-state index contributed by atoms with van der Waals surface area (Å²) in [5.41, 5.74) is 3.29. The predicted octanol–water partition coefficient (Wildman–Crippen LogP) is 2.90. The SMILES string of the molecule is COc1ccccc1/C=N\NC(=O)C1CCN(S(=O)(=O)c2ccc(Cl)cc2)CC1. The Bertz CT molecular complexity index is 985. The zero-order valence-corrected chi connectivity index (χ0v) is 17.5. The zero-order valence-electron chi connectivity index (χ0n) is 15.9. The first-order chi connectivity index (χ1) is 13.9. The van der Waals surface area contributed by atoms with Crippen molar-refractivity contribution in [1.82, 2.24) is 9.73 Å². The number of carbonyl (C=O) groups excluding carboxylic acids is 1. The van der Waals surface area contributed by atoms with E-state index < -0.39 is 10.0 Å². The van der Waals surface area contributed by atoms with Crippen LogP contribution < -0.4 is 10.2 Å². The van der Waals surface area contributed by atoms with Crippen LogP contribution in [0.15, 0.2) is 58.5 Å². The van der Waals surface area contributed by atoms with E-state index in [-0.39, 0.29) is 29.8 Å². The van der Waals surface area contributed by atoms with Gasteiger partial charge in [0.25, 0.3) is 0 Å². The van der Waals surface area contributed by atoms with Gasteiger partial charge in [-0.3, -0.25) is 4.79 Å². The van der Waals surface area contributed by atoms with E-state index >= 15 is 0 Å². The van der Waals surface area contributed by atoms with E-state index in [0.29, 0.717) is 23.6 Å². The van der Waals surface area contributed by atoms with E-state index in [0.717, 1.165) is 5.56 Å². The summed E-state index contributed by atoms with van der Waals surface area (Å²) < 4.78 is 32.1. The fourth-order valence-electron chi connectivity index (χ4n) is 3.14. The molecule has 0 atom stereocenters. The predicted molar refractivity (Wildman–Crippen MR) is 112 cm³/mol. The number of sulfonamides is 1. The lowest BCUT2D eigenvalue weighted by Gasteiger charge is -2.30. The van der Waals surface area contributed by atoms with Crippen LogP contribution in [-0.2, 0) is 14.8 Å². The number of ether oxygens (including phenoxy) is 1. The Morgan fingerprint density at radius 3 is 2.48 bits per heavy atom. The van der Waals surface area contributed by atoms with Crippen molar-refractivity contribution < 1.29 is 17.9 Å². The Morgan fingerprint density at radius 1 is 1.17 bits per heavy atom. The number of benzene rings is 2. The van der Waals surface area contributed by atoms with Gasteiger partial charge in [0.15, 0.2) is 0 Å². The Morgan fingerprint density at radius 2 is 1.83 bits per heavy atom. The maximum atomic E-state index is 12.7. The number of nitrogens with one attached hydrogen (secondary N) is 1. The van der Waals surface area contributed by atoms with Crippen molar-refractivity contribution in [3.8, 4) is 5.75 Å². The molecule has 2 aromatic rings. The van der Waals surface area contributed by atoms with E-state index in [1.165, 1.54) is 22.7 Å². The van der Waals surface area contributed by atoms with Crippen LogP contribution in [-0.4, -0.2) is 45.0 Å². The Labute approximate surface area is 175 Å². The summed E-state index contributed by atoms with van der Waals surface area (Å²) in [6.07, 6.45) is 2.39. The van der Waals surface area contributed by atoms with E-state index in [1.807, 2.05) is 18.2 Å². The second-order valence-corrected chi connectivity index (χ2v) is 8.98. The average molecular weight is 436 g/mol. The number of nitrogens with zero attached hydrogens (tertiary/aromatic N) is 2. The van der Waals surface area contributed by atoms with Gasteiger partial charge in [-0.15, -0.1) is 0 Å². The molecular formula is C20H22ClN3O4S. The van der Waals surface area contributed by atoms with Crippen LogP contribution in [0, 0.1) is 5.92 Å². The van der Waals surface area contributed by atoms with Crippen molar-refractivity contribution >= 4 is 33.7 Å². The molecule has 1 N–H and O–H groups in total. The minimum atomic E-state index is -3.59. The molecule has 0 aliphatic carbocycles. The highest BCUT2D eigenvalue weighted by molar-refractivity contribution is 7.89. The molecule has 154 valence electrons.